The van der Waals surface area contributed by atoms with E-state index in [0.717, 1.165) is 18.4 Å². The number of nitrogens with zero attached hydrogens (tertiary/aromatic N) is 1. The summed E-state index contributed by atoms with van der Waals surface area (Å²) in [5.74, 6) is -1.27. The number of benzene rings is 1. The number of aliphatic carboxylic acids is 1. The summed E-state index contributed by atoms with van der Waals surface area (Å²) in [7, 11) is 0. The molecule has 1 aromatic carbocycles. The summed E-state index contributed by atoms with van der Waals surface area (Å²) < 4.78 is 0. The zero-order valence-electron chi connectivity index (χ0n) is 13.7. The van der Waals surface area contributed by atoms with Crippen LogP contribution in [0.2, 0.25) is 0 Å². The lowest BCUT2D eigenvalue weighted by molar-refractivity contribution is -0.149. The lowest BCUT2D eigenvalue weighted by Crippen LogP contribution is -2.41. The fraction of sp³-hybridized carbons (Fsp3) is 0.500. The third kappa shape index (κ3) is 2.77. The zero-order chi connectivity index (χ0) is 17.3. The van der Waals surface area contributed by atoms with Crippen LogP contribution >= 0.6 is 0 Å². The number of carbonyl (C=O) groups is 3. The number of fused-ring (bicyclic) bond motifs is 1. The Labute approximate surface area is 140 Å². The van der Waals surface area contributed by atoms with E-state index >= 15 is 0 Å². The molecule has 0 bridgehead atoms. The summed E-state index contributed by atoms with van der Waals surface area (Å²) >= 11 is 0. The third-order valence-electron chi connectivity index (χ3n) is 5.44. The zero-order valence-corrected chi connectivity index (χ0v) is 13.7. The first-order chi connectivity index (χ1) is 11.4. The quantitative estimate of drug-likeness (QED) is 0.874. The molecule has 2 N–H and O–H groups in total. The van der Waals surface area contributed by atoms with Crippen LogP contribution < -0.4 is 5.32 Å². The third-order valence-corrected chi connectivity index (χ3v) is 5.44. The Hall–Kier alpha value is -2.37. The van der Waals surface area contributed by atoms with Crippen LogP contribution in [-0.4, -0.2) is 47.4 Å². The maximum atomic E-state index is 12.4. The van der Waals surface area contributed by atoms with Crippen LogP contribution in [0.5, 0.6) is 0 Å². The van der Waals surface area contributed by atoms with Crippen molar-refractivity contribution in [2.24, 2.45) is 11.3 Å². The molecule has 0 unspecified atom stereocenters. The lowest BCUT2D eigenvalue weighted by atomic mass is 9.81. The standard InChI is InChI=1S/C18H22N2O4/c1-12-5-2-3-7-14(12)16(22)19-9-15(21)20-10-13-6-4-8-18(13,11-20)17(23)24/h2-3,5,7,13H,4,6,8-11H2,1H3,(H,19,22)(H,23,24)/t13-,18+/m0/s1. The molecular weight excluding hydrogens is 308 g/mol. The number of carboxylic acids is 1. The first-order valence-electron chi connectivity index (χ1n) is 8.29. The highest BCUT2D eigenvalue weighted by molar-refractivity contribution is 5.97. The fourth-order valence-electron chi connectivity index (χ4n) is 4.02. The van der Waals surface area contributed by atoms with Gasteiger partial charge in [-0.05, 0) is 37.3 Å². The van der Waals surface area contributed by atoms with Crippen molar-refractivity contribution in [3.8, 4) is 0 Å². The summed E-state index contributed by atoms with van der Waals surface area (Å²) in [6.07, 6.45) is 2.39. The van der Waals surface area contributed by atoms with Crippen molar-refractivity contribution in [1.82, 2.24) is 10.2 Å². The Bertz CT molecular complexity index is 687. The van der Waals surface area contributed by atoms with E-state index < -0.39 is 11.4 Å². The fourth-order valence-corrected chi connectivity index (χ4v) is 4.02. The Kier molecular flexibility index (Phi) is 4.30. The van der Waals surface area contributed by atoms with Crippen LogP contribution in [0.4, 0.5) is 0 Å². The van der Waals surface area contributed by atoms with Gasteiger partial charge >= 0.3 is 5.97 Å². The van der Waals surface area contributed by atoms with E-state index in [9.17, 15) is 19.5 Å². The van der Waals surface area contributed by atoms with E-state index in [2.05, 4.69) is 5.32 Å². The molecular formula is C18H22N2O4. The van der Waals surface area contributed by atoms with Gasteiger partial charge in [-0.15, -0.1) is 0 Å². The van der Waals surface area contributed by atoms with Crippen molar-refractivity contribution in [1.29, 1.82) is 0 Å². The van der Waals surface area contributed by atoms with Gasteiger partial charge in [-0.3, -0.25) is 14.4 Å². The molecule has 0 spiro atoms. The van der Waals surface area contributed by atoms with E-state index in [1.54, 1.807) is 17.0 Å². The number of nitrogens with one attached hydrogen (secondary N) is 1. The van der Waals surface area contributed by atoms with Crippen molar-refractivity contribution < 1.29 is 19.5 Å². The van der Waals surface area contributed by atoms with Gasteiger partial charge in [0.25, 0.3) is 5.91 Å². The highest BCUT2D eigenvalue weighted by atomic mass is 16.4. The molecule has 1 aliphatic carbocycles. The van der Waals surface area contributed by atoms with Crippen LogP contribution in [0.15, 0.2) is 24.3 Å². The van der Waals surface area contributed by atoms with Crippen LogP contribution in [0.1, 0.15) is 35.2 Å². The number of carbonyl (C=O) groups excluding carboxylic acids is 2. The number of likely N-dealkylation sites (tertiary alicyclic amines) is 1. The summed E-state index contributed by atoms with van der Waals surface area (Å²) in [5, 5.41) is 12.2. The van der Waals surface area contributed by atoms with Crippen molar-refractivity contribution in [3.63, 3.8) is 0 Å². The van der Waals surface area contributed by atoms with Gasteiger partial charge < -0.3 is 15.3 Å². The maximum Gasteiger partial charge on any atom is 0.311 e. The van der Waals surface area contributed by atoms with Crippen molar-refractivity contribution in [3.05, 3.63) is 35.4 Å². The smallest absolute Gasteiger partial charge is 0.311 e. The Morgan fingerprint density at radius 2 is 2.08 bits per heavy atom. The SMILES string of the molecule is Cc1ccccc1C(=O)NCC(=O)N1C[C@@H]2CCC[C@@]2(C(=O)O)C1. The van der Waals surface area contributed by atoms with Crippen LogP contribution in [0, 0.1) is 18.3 Å². The second kappa shape index (κ2) is 6.26. The van der Waals surface area contributed by atoms with Gasteiger partial charge in [0, 0.05) is 18.7 Å². The molecule has 1 aromatic rings. The molecule has 1 saturated heterocycles. The van der Waals surface area contributed by atoms with Gasteiger partial charge in [0.2, 0.25) is 5.91 Å². The average molecular weight is 330 g/mol. The van der Waals surface area contributed by atoms with Crippen LogP contribution in [-0.2, 0) is 9.59 Å². The van der Waals surface area contributed by atoms with Gasteiger partial charge in [-0.25, -0.2) is 0 Å². The van der Waals surface area contributed by atoms with Crippen molar-refractivity contribution in [2.75, 3.05) is 19.6 Å². The number of amides is 2. The molecule has 3 rings (SSSR count). The first-order valence-corrected chi connectivity index (χ1v) is 8.29. The summed E-state index contributed by atoms with van der Waals surface area (Å²) in [6.45, 7) is 2.47. The van der Waals surface area contributed by atoms with Gasteiger partial charge in [0.05, 0.1) is 12.0 Å². The number of hydrogen-bond donors (Lipinski definition) is 2. The van der Waals surface area contributed by atoms with E-state index in [0.29, 0.717) is 18.5 Å². The molecule has 1 aliphatic heterocycles. The normalized spacial score (nSPS) is 25.4. The maximum absolute atomic E-state index is 12.4. The van der Waals surface area contributed by atoms with E-state index in [1.165, 1.54) is 0 Å². The van der Waals surface area contributed by atoms with E-state index in [4.69, 9.17) is 0 Å². The Morgan fingerprint density at radius 3 is 2.75 bits per heavy atom. The Balaban J connectivity index is 1.60. The number of hydrogen-bond acceptors (Lipinski definition) is 3. The van der Waals surface area contributed by atoms with Crippen molar-refractivity contribution >= 4 is 17.8 Å². The largest absolute Gasteiger partial charge is 0.481 e. The predicted molar refractivity (Wildman–Crippen MR) is 87.5 cm³/mol. The molecule has 1 heterocycles. The molecule has 6 nitrogen and oxygen atoms in total. The molecule has 2 atom stereocenters. The average Bonchev–Trinajstić information content (AvgIpc) is 3.11. The molecule has 6 heteroatoms. The summed E-state index contributed by atoms with van der Waals surface area (Å²) in [6, 6.07) is 7.19. The Morgan fingerprint density at radius 1 is 1.33 bits per heavy atom. The molecule has 0 radical (unpaired) electrons. The number of carboxylic acid groups (broad SMARTS) is 1. The second-order valence-corrected chi connectivity index (χ2v) is 6.82. The minimum Gasteiger partial charge on any atom is -0.481 e. The van der Waals surface area contributed by atoms with E-state index in [-0.39, 0.29) is 30.8 Å². The molecule has 2 fully saturated rings. The lowest BCUT2D eigenvalue weighted by Gasteiger charge is -2.23. The number of rotatable bonds is 4. The van der Waals surface area contributed by atoms with Crippen LogP contribution in [0.3, 0.4) is 0 Å². The van der Waals surface area contributed by atoms with Gasteiger partial charge in [0.15, 0.2) is 0 Å². The van der Waals surface area contributed by atoms with Crippen LogP contribution in [0.25, 0.3) is 0 Å². The van der Waals surface area contributed by atoms with Gasteiger partial charge in [0.1, 0.15) is 0 Å². The van der Waals surface area contributed by atoms with Gasteiger partial charge in [-0.2, -0.15) is 0 Å². The highest BCUT2D eigenvalue weighted by Crippen LogP contribution is 2.48. The summed E-state index contributed by atoms with van der Waals surface area (Å²) in [4.78, 5) is 37.8. The molecule has 24 heavy (non-hydrogen) atoms. The van der Waals surface area contributed by atoms with E-state index in [1.807, 2.05) is 19.1 Å². The first kappa shape index (κ1) is 16.5. The topological polar surface area (TPSA) is 86.7 Å². The molecule has 1 saturated carbocycles. The minimum atomic E-state index is -0.802. The minimum absolute atomic E-state index is 0.0334. The molecule has 128 valence electrons. The predicted octanol–water partition coefficient (Wildman–Crippen LogP) is 1.44. The summed E-state index contributed by atoms with van der Waals surface area (Å²) in [5.41, 5.74) is 0.615. The monoisotopic (exact) mass is 330 g/mol. The second-order valence-electron chi connectivity index (χ2n) is 6.82. The molecule has 0 aromatic heterocycles. The molecule has 2 amide bonds. The van der Waals surface area contributed by atoms with Gasteiger partial charge in [-0.1, -0.05) is 24.6 Å². The number of aryl methyl sites for hydroxylation is 1. The van der Waals surface area contributed by atoms with Crippen molar-refractivity contribution in [2.45, 2.75) is 26.2 Å². The highest BCUT2D eigenvalue weighted by Gasteiger charge is 2.55. The molecule has 2 aliphatic rings.